The van der Waals surface area contributed by atoms with Crippen molar-refractivity contribution in [3.05, 3.63) is 42.8 Å². The van der Waals surface area contributed by atoms with Crippen LogP contribution >= 0.6 is 22.7 Å². The highest BCUT2D eigenvalue weighted by Crippen LogP contribution is 2.31. The van der Waals surface area contributed by atoms with Gasteiger partial charge >= 0.3 is 0 Å². The molecule has 0 saturated heterocycles. The third-order valence-electron chi connectivity index (χ3n) is 2.93. The van der Waals surface area contributed by atoms with Gasteiger partial charge in [0, 0.05) is 30.6 Å². The van der Waals surface area contributed by atoms with Crippen molar-refractivity contribution in [2.45, 2.75) is 33.8 Å². The van der Waals surface area contributed by atoms with Crippen LogP contribution in [0.15, 0.2) is 12.1 Å². The zero-order valence-corrected chi connectivity index (χ0v) is 12.5. The minimum Gasteiger partial charge on any atom is -0.380 e. The molecule has 0 unspecified atom stereocenters. The lowest BCUT2D eigenvalue weighted by Crippen LogP contribution is -2.12. The Morgan fingerprint density at radius 1 is 1.06 bits per heavy atom. The summed E-state index contributed by atoms with van der Waals surface area (Å²) in [6.07, 6.45) is -1.04. The van der Waals surface area contributed by atoms with E-state index in [1.54, 1.807) is 22.7 Å². The van der Waals surface area contributed by atoms with Crippen molar-refractivity contribution in [1.29, 1.82) is 0 Å². The van der Waals surface area contributed by atoms with Gasteiger partial charge in [-0.05, 0) is 39.8 Å². The maximum absolute atomic E-state index is 12.3. The Morgan fingerprint density at radius 2 is 1.61 bits per heavy atom. The second-order valence-electron chi connectivity index (χ2n) is 4.46. The van der Waals surface area contributed by atoms with Gasteiger partial charge < -0.3 is 5.11 Å². The molecule has 2 rings (SSSR count). The van der Waals surface area contributed by atoms with Crippen molar-refractivity contribution in [2.75, 3.05) is 0 Å². The van der Waals surface area contributed by atoms with E-state index >= 15 is 0 Å². The highest BCUT2D eigenvalue weighted by Gasteiger charge is 2.24. The molecule has 0 amide bonds. The number of ketones is 1. The lowest BCUT2D eigenvalue weighted by Gasteiger charge is -2.09. The molecule has 0 aliphatic heterocycles. The first kappa shape index (κ1) is 13.5. The second-order valence-corrected chi connectivity index (χ2v) is 7.38. The SMILES string of the molecule is Cc1cc(C(=O)[C@H](O)c2cc(C)sc2C)c(C)s1. The molecule has 2 aromatic rings. The summed E-state index contributed by atoms with van der Waals surface area (Å²) < 4.78 is 0. The third kappa shape index (κ3) is 2.41. The molecule has 0 radical (unpaired) electrons. The van der Waals surface area contributed by atoms with Gasteiger partial charge in [0.1, 0.15) is 6.10 Å². The minimum atomic E-state index is -1.04. The van der Waals surface area contributed by atoms with E-state index in [0.29, 0.717) is 5.56 Å². The van der Waals surface area contributed by atoms with E-state index in [9.17, 15) is 9.90 Å². The molecule has 2 heterocycles. The van der Waals surface area contributed by atoms with Crippen LogP contribution in [-0.4, -0.2) is 10.9 Å². The Hall–Kier alpha value is -0.970. The van der Waals surface area contributed by atoms with Crippen molar-refractivity contribution in [1.82, 2.24) is 0 Å². The third-order valence-corrected chi connectivity index (χ3v) is 4.88. The molecule has 0 aliphatic rings. The van der Waals surface area contributed by atoms with E-state index in [-0.39, 0.29) is 5.78 Å². The first-order valence-corrected chi connectivity index (χ1v) is 7.39. The summed E-state index contributed by atoms with van der Waals surface area (Å²) in [5.41, 5.74) is 1.39. The number of aliphatic hydroxyl groups is 1. The fraction of sp³-hybridized carbons (Fsp3) is 0.357. The van der Waals surface area contributed by atoms with E-state index < -0.39 is 6.10 Å². The van der Waals surface area contributed by atoms with Gasteiger partial charge in [-0.2, -0.15) is 0 Å². The molecule has 0 aromatic carbocycles. The van der Waals surface area contributed by atoms with Crippen molar-refractivity contribution in [2.24, 2.45) is 0 Å². The van der Waals surface area contributed by atoms with Crippen LogP contribution < -0.4 is 0 Å². The molecule has 18 heavy (non-hydrogen) atoms. The van der Waals surface area contributed by atoms with E-state index in [1.807, 2.05) is 39.8 Å². The van der Waals surface area contributed by atoms with Crippen LogP contribution in [0.4, 0.5) is 0 Å². The van der Waals surface area contributed by atoms with Crippen molar-refractivity contribution >= 4 is 28.5 Å². The highest BCUT2D eigenvalue weighted by molar-refractivity contribution is 7.12. The molecule has 0 fully saturated rings. The number of aryl methyl sites for hydroxylation is 4. The molecule has 0 spiro atoms. The number of Topliss-reactive ketones (excluding diaryl/α,β-unsaturated/α-hetero) is 1. The maximum Gasteiger partial charge on any atom is 0.196 e. The van der Waals surface area contributed by atoms with E-state index in [0.717, 1.165) is 25.1 Å². The number of carbonyl (C=O) groups excluding carboxylic acids is 1. The van der Waals surface area contributed by atoms with Crippen molar-refractivity contribution < 1.29 is 9.90 Å². The Balaban J connectivity index is 2.35. The van der Waals surface area contributed by atoms with Gasteiger partial charge in [0.2, 0.25) is 0 Å². The number of aliphatic hydroxyl groups excluding tert-OH is 1. The number of carbonyl (C=O) groups is 1. The fourth-order valence-electron chi connectivity index (χ4n) is 2.09. The zero-order chi connectivity index (χ0) is 13.4. The quantitative estimate of drug-likeness (QED) is 0.864. The number of hydrogen-bond donors (Lipinski definition) is 1. The highest BCUT2D eigenvalue weighted by atomic mass is 32.1. The first-order valence-electron chi connectivity index (χ1n) is 5.76. The monoisotopic (exact) mass is 280 g/mol. The molecular formula is C14H16O2S2. The van der Waals surface area contributed by atoms with Crippen LogP contribution in [0.3, 0.4) is 0 Å². The lowest BCUT2D eigenvalue weighted by molar-refractivity contribution is 0.0747. The maximum atomic E-state index is 12.3. The van der Waals surface area contributed by atoms with Crippen LogP contribution in [0, 0.1) is 27.7 Å². The first-order chi connectivity index (χ1) is 8.40. The molecule has 0 bridgehead atoms. The predicted molar refractivity (Wildman–Crippen MR) is 76.9 cm³/mol. The van der Waals surface area contributed by atoms with Gasteiger partial charge in [0.05, 0.1) is 0 Å². The molecule has 96 valence electrons. The van der Waals surface area contributed by atoms with E-state index in [1.165, 1.54) is 0 Å². The number of rotatable bonds is 3. The molecule has 2 aromatic heterocycles. The van der Waals surface area contributed by atoms with Crippen molar-refractivity contribution in [3.8, 4) is 0 Å². The largest absolute Gasteiger partial charge is 0.380 e. The van der Waals surface area contributed by atoms with Crippen LogP contribution in [0.1, 0.15) is 41.5 Å². The van der Waals surface area contributed by atoms with E-state index in [2.05, 4.69) is 0 Å². The summed E-state index contributed by atoms with van der Waals surface area (Å²) >= 11 is 3.20. The van der Waals surface area contributed by atoms with Gasteiger partial charge in [-0.3, -0.25) is 4.79 Å². The van der Waals surface area contributed by atoms with Gasteiger partial charge in [0.25, 0.3) is 0 Å². The second kappa shape index (κ2) is 4.96. The number of thiophene rings is 2. The Morgan fingerprint density at radius 3 is 2.06 bits per heavy atom. The Kier molecular flexibility index (Phi) is 3.71. The minimum absolute atomic E-state index is 0.197. The standard InChI is InChI=1S/C14H16O2S2/c1-7-5-11(9(3)17-7)13(15)14(16)12-6-8(2)18-10(12)4/h5-6,13,15H,1-4H3/t13-/m1/s1. The summed E-state index contributed by atoms with van der Waals surface area (Å²) in [4.78, 5) is 16.5. The number of hydrogen-bond acceptors (Lipinski definition) is 4. The average Bonchev–Trinajstić information content (AvgIpc) is 2.79. The Bertz CT molecular complexity index is 593. The molecular weight excluding hydrogens is 264 g/mol. The topological polar surface area (TPSA) is 37.3 Å². The van der Waals surface area contributed by atoms with Crippen LogP contribution in [0.2, 0.25) is 0 Å². The van der Waals surface area contributed by atoms with E-state index in [4.69, 9.17) is 0 Å². The van der Waals surface area contributed by atoms with Crippen molar-refractivity contribution in [3.63, 3.8) is 0 Å². The normalized spacial score (nSPS) is 12.7. The zero-order valence-electron chi connectivity index (χ0n) is 10.9. The summed E-state index contributed by atoms with van der Waals surface area (Å²) in [5, 5.41) is 10.2. The summed E-state index contributed by atoms with van der Waals surface area (Å²) in [7, 11) is 0. The molecule has 0 aliphatic carbocycles. The fourth-order valence-corrected chi connectivity index (χ4v) is 3.97. The predicted octanol–water partition coefficient (Wildman–Crippen LogP) is 3.96. The van der Waals surface area contributed by atoms with Crippen LogP contribution in [-0.2, 0) is 0 Å². The lowest BCUT2D eigenvalue weighted by atomic mass is 10.0. The summed E-state index contributed by atoms with van der Waals surface area (Å²) in [6, 6.07) is 3.76. The van der Waals surface area contributed by atoms with Gasteiger partial charge in [-0.15, -0.1) is 22.7 Å². The average molecular weight is 280 g/mol. The Labute approximate surface area is 115 Å². The molecule has 4 heteroatoms. The molecule has 1 N–H and O–H groups in total. The summed E-state index contributed by atoms with van der Waals surface area (Å²) in [5.74, 6) is -0.197. The molecule has 0 saturated carbocycles. The van der Waals surface area contributed by atoms with Gasteiger partial charge in [-0.25, -0.2) is 0 Å². The summed E-state index contributed by atoms with van der Waals surface area (Å²) in [6.45, 7) is 7.82. The van der Waals surface area contributed by atoms with Crippen LogP contribution in [0.25, 0.3) is 0 Å². The smallest absolute Gasteiger partial charge is 0.196 e. The van der Waals surface area contributed by atoms with Crippen LogP contribution in [0.5, 0.6) is 0 Å². The molecule has 1 atom stereocenters. The van der Waals surface area contributed by atoms with Gasteiger partial charge in [0.15, 0.2) is 5.78 Å². The molecule has 2 nitrogen and oxygen atoms in total. The van der Waals surface area contributed by atoms with Gasteiger partial charge in [-0.1, -0.05) is 0 Å².